The van der Waals surface area contributed by atoms with Gasteiger partial charge in [0.15, 0.2) is 0 Å². The van der Waals surface area contributed by atoms with Gasteiger partial charge in [0.2, 0.25) is 0 Å². The normalized spacial score (nSPS) is 12.4. The van der Waals surface area contributed by atoms with E-state index < -0.39 is 0 Å². The topological polar surface area (TPSA) is 21.3 Å². The van der Waals surface area contributed by atoms with E-state index in [-0.39, 0.29) is 6.04 Å². The van der Waals surface area contributed by atoms with Gasteiger partial charge in [-0.3, -0.25) is 0 Å². The summed E-state index contributed by atoms with van der Waals surface area (Å²) in [7, 11) is 1.96. The fourth-order valence-electron chi connectivity index (χ4n) is 2.13. The van der Waals surface area contributed by atoms with Crippen molar-refractivity contribution in [3.8, 4) is 11.5 Å². The molecule has 106 valence electrons. The van der Waals surface area contributed by atoms with Crippen LogP contribution in [0.4, 0.5) is 0 Å². The van der Waals surface area contributed by atoms with E-state index in [1.54, 1.807) is 0 Å². The lowest BCUT2D eigenvalue weighted by Gasteiger charge is -2.16. The molecule has 2 rings (SSSR count). The summed E-state index contributed by atoms with van der Waals surface area (Å²) in [5.74, 6) is 2.33. The summed E-state index contributed by atoms with van der Waals surface area (Å²) < 4.78 is 6.03. The first-order valence-corrected chi connectivity index (χ1v) is 7.16. The van der Waals surface area contributed by atoms with Crippen molar-refractivity contribution < 1.29 is 4.74 Å². The molecule has 0 heterocycles. The number of para-hydroxylation sites is 1. The number of hydrogen-bond donors (Lipinski definition) is 1. The van der Waals surface area contributed by atoms with Gasteiger partial charge in [0, 0.05) is 11.6 Å². The fourth-order valence-corrected chi connectivity index (χ4v) is 2.13. The highest BCUT2D eigenvalue weighted by atomic mass is 16.5. The molecule has 20 heavy (non-hydrogen) atoms. The van der Waals surface area contributed by atoms with Crippen molar-refractivity contribution in [1.82, 2.24) is 5.32 Å². The Bertz CT molecular complexity index is 546. The maximum absolute atomic E-state index is 6.03. The van der Waals surface area contributed by atoms with Crippen LogP contribution in [0.3, 0.4) is 0 Å². The summed E-state index contributed by atoms with van der Waals surface area (Å²) >= 11 is 0. The van der Waals surface area contributed by atoms with Crippen molar-refractivity contribution >= 4 is 0 Å². The van der Waals surface area contributed by atoms with E-state index in [9.17, 15) is 0 Å². The molecule has 0 aromatic heterocycles. The minimum atomic E-state index is 0.265. The molecule has 1 N–H and O–H groups in total. The number of nitrogens with one attached hydrogen (secondary N) is 1. The first kappa shape index (κ1) is 14.6. The zero-order chi connectivity index (χ0) is 14.5. The molecule has 0 fully saturated rings. The lowest BCUT2D eigenvalue weighted by Crippen LogP contribution is -2.13. The Hall–Kier alpha value is -1.80. The van der Waals surface area contributed by atoms with Gasteiger partial charge in [0.1, 0.15) is 11.5 Å². The zero-order valence-electron chi connectivity index (χ0n) is 12.7. The van der Waals surface area contributed by atoms with E-state index in [2.05, 4.69) is 44.3 Å². The van der Waals surface area contributed by atoms with Crippen molar-refractivity contribution in [1.29, 1.82) is 0 Å². The second kappa shape index (κ2) is 6.58. The van der Waals surface area contributed by atoms with Crippen LogP contribution in [0.25, 0.3) is 0 Å². The van der Waals surface area contributed by atoms with Crippen LogP contribution in [0, 0.1) is 0 Å². The molecule has 2 aromatic rings. The van der Waals surface area contributed by atoms with Gasteiger partial charge in [-0.15, -0.1) is 0 Å². The van der Waals surface area contributed by atoms with Crippen molar-refractivity contribution in [3.63, 3.8) is 0 Å². The summed E-state index contributed by atoms with van der Waals surface area (Å²) in [6.45, 7) is 6.52. The van der Waals surface area contributed by atoms with Crippen LogP contribution in [0.1, 0.15) is 43.9 Å². The molecule has 1 atom stereocenters. The number of hydrogen-bond acceptors (Lipinski definition) is 2. The quantitative estimate of drug-likeness (QED) is 0.835. The second-order valence-electron chi connectivity index (χ2n) is 5.37. The Morgan fingerprint density at radius 2 is 1.55 bits per heavy atom. The maximum Gasteiger partial charge on any atom is 0.132 e. The molecule has 2 aromatic carbocycles. The number of ether oxygens (including phenoxy) is 1. The van der Waals surface area contributed by atoms with Crippen LogP contribution < -0.4 is 10.1 Å². The molecule has 0 saturated heterocycles. The Morgan fingerprint density at radius 3 is 2.15 bits per heavy atom. The molecule has 0 amide bonds. The smallest absolute Gasteiger partial charge is 0.132 e. The molecule has 0 spiro atoms. The average molecular weight is 269 g/mol. The highest BCUT2D eigenvalue weighted by Crippen LogP contribution is 2.30. The lowest BCUT2D eigenvalue weighted by atomic mass is 10.0. The molecule has 0 aliphatic rings. The van der Waals surface area contributed by atoms with E-state index in [4.69, 9.17) is 4.74 Å². The van der Waals surface area contributed by atoms with E-state index >= 15 is 0 Å². The molecule has 0 aliphatic carbocycles. The summed E-state index contributed by atoms with van der Waals surface area (Å²) in [5.41, 5.74) is 2.50. The van der Waals surface area contributed by atoms with Gasteiger partial charge in [0.05, 0.1) is 0 Å². The predicted molar refractivity (Wildman–Crippen MR) is 84.5 cm³/mol. The summed E-state index contributed by atoms with van der Waals surface area (Å²) in [6, 6.07) is 16.8. The number of rotatable bonds is 5. The van der Waals surface area contributed by atoms with Crippen LogP contribution in [-0.2, 0) is 0 Å². The molecular formula is C18H23NO. The van der Waals surface area contributed by atoms with Gasteiger partial charge < -0.3 is 10.1 Å². The van der Waals surface area contributed by atoms with Crippen LogP contribution in [0.2, 0.25) is 0 Å². The third-order valence-electron chi connectivity index (χ3n) is 3.59. The Labute approximate surface area is 121 Å². The fraction of sp³-hybridized carbons (Fsp3) is 0.333. The first-order valence-electron chi connectivity index (χ1n) is 7.16. The largest absolute Gasteiger partial charge is 0.457 e. The van der Waals surface area contributed by atoms with Gasteiger partial charge in [-0.25, -0.2) is 0 Å². The molecule has 2 heteroatoms. The Balaban J connectivity index is 2.21. The summed E-state index contributed by atoms with van der Waals surface area (Å²) in [4.78, 5) is 0. The van der Waals surface area contributed by atoms with Crippen LogP contribution >= 0.6 is 0 Å². The molecule has 0 bridgehead atoms. The van der Waals surface area contributed by atoms with Crippen LogP contribution in [0.15, 0.2) is 48.5 Å². The molecule has 0 radical (unpaired) electrons. The molecule has 0 saturated carbocycles. The van der Waals surface area contributed by atoms with Crippen molar-refractivity contribution in [2.45, 2.75) is 32.7 Å². The lowest BCUT2D eigenvalue weighted by molar-refractivity contribution is 0.466. The minimum absolute atomic E-state index is 0.265. The van der Waals surface area contributed by atoms with Crippen molar-refractivity contribution in [3.05, 3.63) is 59.7 Å². The van der Waals surface area contributed by atoms with Gasteiger partial charge >= 0.3 is 0 Å². The van der Waals surface area contributed by atoms with Gasteiger partial charge in [-0.2, -0.15) is 0 Å². The van der Waals surface area contributed by atoms with Crippen molar-refractivity contribution in [2.75, 3.05) is 7.05 Å². The molecule has 1 unspecified atom stereocenters. The summed E-state index contributed by atoms with van der Waals surface area (Å²) in [6.07, 6.45) is 0. The monoisotopic (exact) mass is 269 g/mol. The van der Waals surface area contributed by atoms with Crippen LogP contribution in [-0.4, -0.2) is 7.05 Å². The zero-order valence-corrected chi connectivity index (χ0v) is 12.7. The van der Waals surface area contributed by atoms with E-state index in [1.807, 2.05) is 37.4 Å². The van der Waals surface area contributed by atoms with Crippen LogP contribution in [0.5, 0.6) is 11.5 Å². The SMILES string of the molecule is CNC(C)c1ccccc1Oc1ccc(C(C)C)cc1. The molecule has 0 aliphatic heterocycles. The highest BCUT2D eigenvalue weighted by Gasteiger charge is 2.10. The third-order valence-corrected chi connectivity index (χ3v) is 3.59. The van der Waals surface area contributed by atoms with Gasteiger partial charge in [0.25, 0.3) is 0 Å². The number of benzene rings is 2. The van der Waals surface area contributed by atoms with E-state index in [0.717, 1.165) is 11.5 Å². The highest BCUT2D eigenvalue weighted by molar-refractivity contribution is 5.40. The standard InChI is InChI=1S/C18H23NO/c1-13(2)15-9-11-16(12-10-15)20-18-8-6-5-7-17(18)14(3)19-4/h5-14,19H,1-4H3. The van der Waals surface area contributed by atoms with E-state index in [1.165, 1.54) is 11.1 Å². The second-order valence-corrected chi connectivity index (χ2v) is 5.37. The third kappa shape index (κ3) is 3.40. The Morgan fingerprint density at radius 1 is 0.900 bits per heavy atom. The minimum Gasteiger partial charge on any atom is -0.457 e. The van der Waals surface area contributed by atoms with E-state index in [0.29, 0.717) is 5.92 Å². The average Bonchev–Trinajstić information content (AvgIpc) is 2.47. The van der Waals surface area contributed by atoms with Crippen molar-refractivity contribution in [2.24, 2.45) is 0 Å². The van der Waals surface area contributed by atoms with Gasteiger partial charge in [-0.1, -0.05) is 44.2 Å². The predicted octanol–water partition coefficient (Wildman–Crippen LogP) is 4.88. The first-order chi connectivity index (χ1) is 9.61. The Kier molecular flexibility index (Phi) is 4.80. The van der Waals surface area contributed by atoms with Gasteiger partial charge in [-0.05, 0) is 43.7 Å². The maximum atomic E-state index is 6.03. The summed E-state index contributed by atoms with van der Waals surface area (Å²) in [5, 5.41) is 3.25. The molecule has 2 nitrogen and oxygen atoms in total. The molecular weight excluding hydrogens is 246 g/mol.